The fourth-order valence-electron chi connectivity index (χ4n) is 3.87. The Bertz CT molecular complexity index is 280. The molecule has 1 radical (unpaired) electrons. The molecule has 5 nitrogen and oxygen atoms in total. The molecule has 0 amide bonds. The molecule has 2 aliphatic carbocycles. The van der Waals surface area contributed by atoms with Crippen molar-refractivity contribution in [2.45, 2.75) is 44.8 Å². The molecule has 4 atom stereocenters. The number of rotatable bonds is 5. The largest absolute Gasteiger partial charge is 0.481 e. The first-order chi connectivity index (χ1) is 10.2. The minimum atomic E-state index is -0.604. The Morgan fingerprint density at radius 1 is 1.33 bits per heavy atom. The highest BCUT2D eigenvalue weighted by atomic mass is 16.4. The number of hydrogen-bond donors (Lipinski definition) is 4. The molecule has 5 N–H and O–H groups in total. The molecule has 0 bridgehead atoms. The summed E-state index contributed by atoms with van der Waals surface area (Å²) in [6.07, 6.45) is 7.22. The van der Waals surface area contributed by atoms with Gasteiger partial charge in [-0.2, -0.15) is 0 Å². The van der Waals surface area contributed by atoms with Crippen molar-refractivity contribution in [2.24, 2.45) is 29.4 Å². The molecule has 0 heterocycles. The van der Waals surface area contributed by atoms with E-state index in [1.807, 2.05) is 14.1 Å². The quantitative estimate of drug-likeness (QED) is 0.454. The normalized spacial score (nSPS) is 29.6. The lowest BCUT2D eigenvalue weighted by atomic mass is 9.81. The molecule has 2 saturated carbocycles. The van der Waals surface area contributed by atoms with Gasteiger partial charge >= 0.3 is 5.97 Å². The zero-order chi connectivity index (χ0) is 16.3. The average molecular weight is 299 g/mol. The van der Waals surface area contributed by atoms with Crippen LogP contribution in [0.4, 0.5) is 0 Å². The van der Waals surface area contributed by atoms with Crippen LogP contribution in [-0.4, -0.2) is 44.7 Å². The van der Waals surface area contributed by atoms with Crippen LogP contribution in [0, 0.1) is 23.7 Å². The molecule has 0 aromatic heterocycles. The lowest BCUT2D eigenvalue weighted by Gasteiger charge is -2.21. The average Bonchev–Trinajstić information content (AvgIpc) is 3.04. The van der Waals surface area contributed by atoms with Gasteiger partial charge in [-0.25, -0.2) is 0 Å². The zero-order valence-electron chi connectivity index (χ0n) is 13.7. The third kappa shape index (κ3) is 6.37. The summed E-state index contributed by atoms with van der Waals surface area (Å²) in [6.45, 7) is 0. The highest BCUT2D eigenvalue weighted by Gasteiger charge is 2.47. The molecule has 21 heavy (non-hydrogen) atoms. The molecule has 2 aliphatic rings. The van der Waals surface area contributed by atoms with Gasteiger partial charge in [0.2, 0.25) is 0 Å². The number of fused-ring (bicyclic) bond motifs is 1. The second-order valence-electron chi connectivity index (χ2n) is 5.81. The van der Waals surface area contributed by atoms with Gasteiger partial charge in [0, 0.05) is 0 Å². The second kappa shape index (κ2) is 12.0. The monoisotopic (exact) mass is 299 g/mol. The zero-order valence-corrected chi connectivity index (χ0v) is 13.7. The molecule has 6 heteroatoms. The molecule has 0 saturated heterocycles. The van der Waals surface area contributed by atoms with Crippen LogP contribution in [0.15, 0.2) is 0 Å². The standard InChI is InChI=1S/C12H20BO3.C2H7N.CH5N/c14-12(15)11-7-8-3-1-4-9(8)10(11)5-2-6-13-16;1-3-2;1-2/h8-11,16H,1-7H2,(H,14,15);3H,1-2H3;2H2,1H3. The van der Waals surface area contributed by atoms with E-state index in [4.69, 9.17) is 5.02 Å². The second-order valence-corrected chi connectivity index (χ2v) is 5.81. The van der Waals surface area contributed by atoms with Crippen LogP contribution >= 0.6 is 0 Å². The van der Waals surface area contributed by atoms with Crippen molar-refractivity contribution in [1.29, 1.82) is 0 Å². The minimum absolute atomic E-state index is 0.117. The first-order valence-electron chi connectivity index (χ1n) is 8.00. The summed E-state index contributed by atoms with van der Waals surface area (Å²) >= 11 is 0. The van der Waals surface area contributed by atoms with E-state index in [9.17, 15) is 9.90 Å². The topological polar surface area (TPSA) is 95.6 Å². The van der Waals surface area contributed by atoms with Gasteiger partial charge in [0.15, 0.2) is 0 Å². The van der Waals surface area contributed by atoms with E-state index in [2.05, 4.69) is 11.1 Å². The first kappa shape index (κ1) is 20.4. The molecule has 2 rings (SSSR count). The number of aliphatic carboxylic acids is 1. The highest BCUT2D eigenvalue weighted by molar-refractivity contribution is 6.25. The molecule has 4 unspecified atom stereocenters. The molecule has 0 aromatic rings. The molecule has 123 valence electrons. The van der Waals surface area contributed by atoms with Crippen molar-refractivity contribution in [3.8, 4) is 0 Å². The number of carboxylic acid groups (broad SMARTS) is 1. The summed E-state index contributed by atoms with van der Waals surface area (Å²) < 4.78 is 0. The minimum Gasteiger partial charge on any atom is -0.481 e. The van der Waals surface area contributed by atoms with Gasteiger partial charge < -0.3 is 21.2 Å². The number of hydrogen-bond acceptors (Lipinski definition) is 4. The van der Waals surface area contributed by atoms with E-state index >= 15 is 0 Å². The van der Waals surface area contributed by atoms with Crippen LogP contribution in [-0.2, 0) is 4.79 Å². The van der Waals surface area contributed by atoms with Gasteiger partial charge in [0.05, 0.1) is 5.92 Å². The molecule has 2 fully saturated rings. The van der Waals surface area contributed by atoms with E-state index in [1.165, 1.54) is 33.8 Å². The van der Waals surface area contributed by atoms with Gasteiger partial charge in [-0.05, 0) is 58.2 Å². The van der Waals surface area contributed by atoms with E-state index in [-0.39, 0.29) is 5.92 Å². The van der Waals surface area contributed by atoms with Gasteiger partial charge in [-0.1, -0.05) is 25.6 Å². The van der Waals surface area contributed by atoms with Gasteiger partial charge in [-0.3, -0.25) is 4.79 Å². The summed E-state index contributed by atoms with van der Waals surface area (Å²) in [7, 11) is 6.44. The number of nitrogens with two attached hydrogens (primary N) is 1. The first-order valence-corrected chi connectivity index (χ1v) is 8.00. The Morgan fingerprint density at radius 2 is 1.95 bits per heavy atom. The van der Waals surface area contributed by atoms with Gasteiger partial charge in [0.25, 0.3) is 7.48 Å². The Kier molecular flexibility index (Phi) is 11.7. The van der Waals surface area contributed by atoms with Gasteiger partial charge in [-0.15, -0.1) is 0 Å². The third-order valence-corrected chi connectivity index (χ3v) is 4.53. The molecule has 0 aromatic carbocycles. The number of carboxylic acids is 1. The van der Waals surface area contributed by atoms with Crippen molar-refractivity contribution < 1.29 is 14.9 Å². The van der Waals surface area contributed by atoms with Crippen molar-refractivity contribution in [3.63, 3.8) is 0 Å². The fraction of sp³-hybridized carbons (Fsp3) is 0.933. The van der Waals surface area contributed by atoms with Crippen LogP contribution < -0.4 is 11.1 Å². The third-order valence-electron chi connectivity index (χ3n) is 4.53. The Hall–Kier alpha value is -0.585. The van der Waals surface area contributed by atoms with Gasteiger partial charge in [0.1, 0.15) is 0 Å². The maximum Gasteiger partial charge on any atom is 0.306 e. The molecule has 0 spiro atoms. The van der Waals surface area contributed by atoms with Crippen LogP contribution in [0.2, 0.25) is 6.32 Å². The number of nitrogens with one attached hydrogen (secondary N) is 1. The Morgan fingerprint density at radius 3 is 2.48 bits per heavy atom. The van der Waals surface area contributed by atoms with Crippen molar-refractivity contribution in [2.75, 3.05) is 21.1 Å². The molecular formula is C15H32BN2O3. The maximum absolute atomic E-state index is 11.2. The molecule has 0 aliphatic heterocycles. The summed E-state index contributed by atoms with van der Waals surface area (Å²) in [5, 5.41) is 20.6. The molecular weight excluding hydrogens is 267 g/mol. The predicted octanol–water partition coefficient (Wildman–Crippen LogP) is 1.34. The fourth-order valence-corrected chi connectivity index (χ4v) is 3.87. The van der Waals surface area contributed by atoms with E-state index in [0.717, 1.165) is 19.3 Å². The SMILES string of the molecule is CN.CNC.O=C(O)C1CC2CCCC2C1CCC[B]O. The van der Waals surface area contributed by atoms with Crippen LogP contribution in [0.5, 0.6) is 0 Å². The summed E-state index contributed by atoms with van der Waals surface area (Å²) in [6, 6.07) is 0. The highest BCUT2D eigenvalue weighted by Crippen LogP contribution is 2.52. The van der Waals surface area contributed by atoms with Crippen molar-refractivity contribution >= 4 is 13.5 Å². The van der Waals surface area contributed by atoms with E-state index in [0.29, 0.717) is 24.1 Å². The number of carbonyl (C=O) groups is 1. The van der Waals surface area contributed by atoms with E-state index in [1.54, 1.807) is 0 Å². The van der Waals surface area contributed by atoms with Crippen LogP contribution in [0.3, 0.4) is 0 Å². The summed E-state index contributed by atoms with van der Waals surface area (Å²) in [5.41, 5.74) is 4.50. The Labute approximate surface area is 130 Å². The van der Waals surface area contributed by atoms with E-state index < -0.39 is 5.97 Å². The smallest absolute Gasteiger partial charge is 0.306 e. The Balaban J connectivity index is 0.000000713. The lowest BCUT2D eigenvalue weighted by Crippen LogP contribution is -2.22. The maximum atomic E-state index is 11.2. The summed E-state index contributed by atoms with van der Waals surface area (Å²) in [4.78, 5) is 11.2. The lowest BCUT2D eigenvalue weighted by molar-refractivity contribution is -0.143. The van der Waals surface area contributed by atoms with Crippen LogP contribution in [0.1, 0.15) is 38.5 Å². The summed E-state index contributed by atoms with van der Waals surface area (Å²) in [5.74, 6) is 0.968. The van der Waals surface area contributed by atoms with Crippen molar-refractivity contribution in [1.82, 2.24) is 5.32 Å². The van der Waals surface area contributed by atoms with Crippen molar-refractivity contribution in [3.05, 3.63) is 0 Å². The predicted molar refractivity (Wildman–Crippen MR) is 87.2 cm³/mol. The van der Waals surface area contributed by atoms with Crippen LogP contribution in [0.25, 0.3) is 0 Å².